The fraction of sp³-hybridized carbons (Fsp3) is 0.350. The largest absolute Gasteiger partial charge is 0.454 e. The van der Waals surface area contributed by atoms with Crippen LogP contribution >= 0.6 is 11.3 Å². The van der Waals surface area contributed by atoms with Crippen molar-refractivity contribution in [3.63, 3.8) is 0 Å². The number of aryl methyl sites for hydroxylation is 1. The van der Waals surface area contributed by atoms with E-state index in [0.29, 0.717) is 18.5 Å². The van der Waals surface area contributed by atoms with Crippen LogP contribution < -0.4 is 4.90 Å². The van der Waals surface area contributed by atoms with Crippen molar-refractivity contribution in [2.45, 2.75) is 39.2 Å². The molecule has 0 saturated heterocycles. The Kier molecular flexibility index (Phi) is 5.52. The Hall–Kier alpha value is -2.47. The van der Waals surface area contributed by atoms with Crippen molar-refractivity contribution in [1.82, 2.24) is 0 Å². The topological polar surface area (TPSA) is 63.7 Å². The van der Waals surface area contributed by atoms with E-state index in [-0.39, 0.29) is 24.1 Å². The summed E-state index contributed by atoms with van der Waals surface area (Å²) in [6.07, 6.45) is 0.772. The number of rotatable bonds is 6. The number of carbonyl (C=O) groups is 3. The van der Waals surface area contributed by atoms with Gasteiger partial charge in [0.25, 0.3) is 0 Å². The van der Waals surface area contributed by atoms with Crippen molar-refractivity contribution in [3.8, 4) is 0 Å². The number of hydrogen-bond donors (Lipinski definition) is 0. The lowest BCUT2D eigenvalue weighted by molar-refractivity contribution is -0.146. The van der Waals surface area contributed by atoms with Gasteiger partial charge in [0.15, 0.2) is 6.10 Å². The zero-order chi connectivity index (χ0) is 18.7. The number of ether oxygens (including phenoxy) is 1. The standard InChI is InChI=1S/C20H21NO4S/c1-13(25-19(23)6-3-15-8-10-26-12-15)20(24)17-4-5-18-16(11-17)7-9-21(18)14(2)22/h4-5,8,10-13H,3,6-7,9H2,1-2H3. The predicted molar refractivity (Wildman–Crippen MR) is 101 cm³/mol. The maximum atomic E-state index is 12.6. The first kappa shape index (κ1) is 18.3. The van der Waals surface area contributed by atoms with E-state index in [0.717, 1.165) is 23.2 Å². The van der Waals surface area contributed by atoms with Crippen LogP contribution in [-0.2, 0) is 27.2 Å². The van der Waals surface area contributed by atoms with Gasteiger partial charge >= 0.3 is 5.97 Å². The lowest BCUT2D eigenvalue weighted by atomic mass is 10.0. The number of nitrogens with zero attached hydrogens (tertiary/aromatic N) is 1. The molecule has 0 N–H and O–H groups in total. The van der Waals surface area contributed by atoms with E-state index in [1.807, 2.05) is 16.8 Å². The van der Waals surface area contributed by atoms with Gasteiger partial charge in [-0.25, -0.2) is 0 Å². The number of ketones is 1. The van der Waals surface area contributed by atoms with E-state index >= 15 is 0 Å². The van der Waals surface area contributed by atoms with E-state index in [2.05, 4.69) is 0 Å². The minimum absolute atomic E-state index is 0.00394. The maximum absolute atomic E-state index is 12.6. The number of Topliss-reactive ketones (excluding diaryl/α,β-unsaturated/α-hetero) is 1. The zero-order valence-corrected chi connectivity index (χ0v) is 15.7. The summed E-state index contributed by atoms with van der Waals surface area (Å²) in [4.78, 5) is 37.9. The minimum atomic E-state index is -0.826. The van der Waals surface area contributed by atoms with E-state index in [9.17, 15) is 14.4 Å². The highest BCUT2D eigenvalue weighted by atomic mass is 32.1. The molecule has 1 amide bonds. The van der Waals surface area contributed by atoms with Crippen LogP contribution in [0.5, 0.6) is 0 Å². The molecule has 26 heavy (non-hydrogen) atoms. The van der Waals surface area contributed by atoms with Crippen LogP contribution in [0.3, 0.4) is 0 Å². The quantitative estimate of drug-likeness (QED) is 0.577. The molecule has 1 aromatic heterocycles. The van der Waals surface area contributed by atoms with Crippen molar-refractivity contribution in [2.24, 2.45) is 0 Å². The monoisotopic (exact) mass is 371 g/mol. The fourth-order valence-electron chi connectivity index (χ4n) is 3.11. The van der Waals surface area contributed by atoms with Crippen molar-refractivity contribution in [1.29, 1.82) is 0 Å². The molecule has 136 valence electrons. The number of fused-ring (bicyclic) bond motifs is 1. The second kappa shape index (κ2) is 7.83. The molecule has 1 aromatic carbocycles. The third-order valence-electron chi connectivity index (χ3n) is 4.52. The molecule has 0 aliphatic carbocycles. The number of hydrogen-bond acceptors (Lipinski definition) is 5. The highest BCUT2D eigenvalue weighted by Gasteiger charge is 2.25. The molecule has 1 aliphatic rings. The van der Waals surface area contributed by atoms with Gasteiger partial charge in [0, 0.05) is 31.1 Å². The normalized spacial score (nSPS) is 14.0. The zero-order valence-electron chi connectivity index (χ0n) is 14.9. The van der Waals surface area contributed by atoms with Crippen molar-refractivity contribution in [2.75, 3.05) is 11.4 Å². The molecule has 1 unspecified atom stereocenters. The Balaban J connectivity index is 1.60. The second-order valence-electron chi connectivity index (χ2n) is 6.39. The molecule has 5 nitrogen and oxygen atoms in total. The second-order valence-corrected chi connectivity index (χ2v) is 7.17. The molecular weight excluding hydrogens is 350 g/mol. The molecule has 0 radical (unpaired) electrons. The van der Waals surface area contributed by atoms with Crippen molar-refractivity contribution in [3.05, 3.63) is 51.7 Å². The lowest BCUT2D eigenvalue weighted by Gasteiger charge is -2.16. The highest BCUT2D eigenvalue weighted by molar-refractivity contribution is 7.07. The minimum Gasteiger partial charge on any atom is -0.454 e. The third-order valence-corrected chi connectivity index (χ3v) is 5.25. The maximum Gasteiger partial charge on any atom is 0.306 e. The summed E-state index contributed by atoms with van der Waals surface area (Å²) in [5, 5.41) is 3.96. The molecule has 1 atom stereocenters. The molecule has 6 heteroatoms. The predicted octanol–water partition coefficient (Wildman–Crippen LogP) is 3.40. The Bertz CT molecular complexity index is 828. The average molecular weight is 371 g/mol. The number of thiophene rings is 1. The van der Waals surface area contributed by atoms with E-state index in [1.165, 1.54) is 6.92 Å². The smallest absolute Gasteiger partial charge is 0.306 e. The van der Waals surface area contributed by atoms with Gasteiger partial charge in [0.1, 0.15) is 0 Å². The van der Waals surface area contributed by atoms with E-state index in [4.69, 9.17) is 4.74 Å². The molecule has 3 rings (SSSR count). The Morgan fingerprint density at radius 1 is 1.27 bits per heavy atom. The molecule has 0 spiro atoms. The van der Waals surface area contributed by atoms with Crippen LogP contribution in [0, 0.1) is 0 Å². The Labute approximate surface area is 156 Å². The number of esters is 1. The summed E-state index contributed by atoms with van der Waals surface area (Å²) in [7, 11) is 0. The summed E-state index contributed by atoms with van der Waals surface area (Å²) in [5.41, 5.74) is 3.43. The number of amides is 1. The summed E-state index contributed by atoms with van der Waals surface area (Å²) < 4.78 is 5.29. The SMILES string of the molecule is CC(=O)N1CCc2cc(C(=O)C(C)OC(=O)CCc3ccsc3)ccc21. The van der Waals surface area contributed by atoms with Crippen molar-refractivity contribution >= 4 is 34.7 Å². The van der Waals surface area contributed by atoms with Gasteiger partial charge < -0.3 is 9.64 Å². The summed E-state index contributed by atoms with van der Waals surface area (Å²) in [5.74, 6) is -0.602. The van der Waals surface area contributed by atoms with Crippen LogP contribution in [0.4, 0.5) is 5.69 Å². The van der Waals surface area contributed by atoms with Gasteiger partial charge in [-0.3, -0.25) is 14.4 Å². The third kappa shape index (κ3) is 4.02. The molecule has 2 heterocycles. The number of anilines is 1. The molecule has 0 fully saturated rings. The first-order valence-electron chi connectivity index (χ1n) is 8.61. The van der Waals surface area contributed by atoms with Gasteiger partial charge in [-0.05, 0) is 65.9 Å². The van der Waals surface area contributed by atoms with Crippen LogP contribution in [-0.4, -0.2) is 30.3 Å². The van der Waals surface area contributed by atoms with Crippen LogP contribution in [0.25, 0.3) is 0 Å². The first-order valence-corrected chi connectivity index (χ1v) is 9.56. The molecule has 2 aromatic rings. The van der Waals surface area contributed by atoms with Gasteiger partial charge in [-0.2, -0.15) is 11.3 Å². The Morgan fingerprint density at radius 2 is 2.08 bits per heavy atom. The van der Waals surface area contributed by atoms with Crippen molar-refractivity contribution < 1.29 is 19.1 Å². The summed E-state index contributed by atoms with van der Waals surface area (Å²) in [6.45, 7) is 3.77. The molecular formula is C20H21NO4S. The number of carbonyl (C=O) groups excluding carboxylic acids is 3. The summed E-state index contributed by atoms with van der Waals surface area (Å²) >= 11 is 1.59. The highest BCUT2D eigenvalue weighted by Crippen LogP contribution is 2.29. The Morgan fingerprint density at radius 3 is 2.77 bits per heavy atom. The molecule has 0 saturated carbocycles. The summed E-state index contributed by atoms with van der Waals surface area (Å²) in [6, 6.07) is 7.26. The van der Waals surface area contributed by atoms with Gasteiger partial charge in [-0.1, -0.05) is 0 Å². The van der Waals surface area contributed by atoms with E-state index in [1.54, 1.807) is 41.4 Å². The lowest BCUT2D eigenvalue weighted by Crippen LogP contribution is -2.26. The first-order chi connectivity index (χ1) is 12.5. The van der Waals surface area contributed by atoms with Crippen LogP contribution in [0.1, 0.15) is 41.8 Å². The van der Waals surface area contributed by atoms with Gasteiger partial charge in [0.05, 0.1) is 0 Å². The molecule has 0 bridgehead atoms. The van der Waals surface area contributed by atoms with Gasteiger partial charge in [0.2, 0.25) is 11.7 Å². The fourth-order valence-corrected chi connectivity index (χ4v) is 3.81. The van der Waals surface area contributed by atoms with Gasteiger partial charge in [-0.15, -0.1) is 0 Å². The number of benzene rings is 1. The molecule has 1 aliphatic heterocycles. The van der Waals surface area contributed by atoms with Crippen LogP contribution in [0.15, 0.2) is 35.0 Å². The van der Waals surface area contributed by atoms with E-state index < -0.39 is 6.10 Å². The average Bonchev–Trinajstić information content (AvgIpc) is 3.27. The van der Waals surface area contributed by atoms with Crippen LogP contribution in [0.2, 0.25) is 0 Å².